The van der Waals surface area contributed by atoms with Crippen molar-refractivity contribution in [3.8, 4) is 11.5 Å². The van der Waals surface area contributed by atoms with Crippen molar-refractivity contribution in [3.05, 3.63) is 54.1 Å². The summed E-state index contributed by atoms with van der Waals surface area (Å²) in [6.45, 7) is 0.529. The third-order valence-electron chi connectivity index (χ3n) is 5.23. The molecule has 0 saturated heterocycles. The highest BCUT2D eigenvalue weighted by atomic mass is 16.5. The number of amides is 1. The molecule has 0 bridgehead atoms. The van der Waals surface area contributed by atoms with E-state index in [-0.39, 0.29) is 17.9 Å². The van der Waals surface area contributed by atoms with Gasteiger partial charge in [-0.05, 0) is 55.3 Å². The maximum absolute atomic E-state index is 12.0. The molecule has 1 atom stereocenters. The van der Waals surface area contributed by atoms with E-state index in [0.29, 0.717) is 6.61 Å². The topological polar surface area (TPSA) is 72.5 Å². The summed E-state index contributed by atoms with van der Waals surface area (Å²) in [7, 11) is 1.67. The Morgan fingerprint density at radius 1 is 1.18 bits per heavy atom. The van der Waals surface area contributed by atoms with Crippen LogP contribution in [0.15, 0.2) is 48.5 Å². The highest BCUT2D eigenvalue weighted by molar-refractivity contribution is 5.96. The number of nitrogens with one attached hydrogen (secondary N) is 2. The number of carbonyl (C=O) groups is 1. The Bertz CT molecular complexity index is 1060. The summed E-state index contributed by atoms with van der Waals surface area (Å²) in [6, 6.07) is 15.5. The van der Waals surface area contributed by atoms with Crippen LogP contribution in [0.1, 0.15) is 24.4 Å². The molecule has 1 aliphatic heterocycles. The van der Waals surface area contributed by atoms with E-state index in [9.17, 15) is 4.79 Å². The molecule has 2 aromatic carbocycles. The number of anilines is 2. The number of fused-ring (bicyclic) bond motifs is 2. The Labute approximate surface area is 162 Å². The average Bonchev–Trinajstić information content (AvgIpc) is 3.50. The van der Waals surface area contributed by atoms with Crippen LogP contribution >= 0.6 is 0 Å². The van der Waals surface area contributed by atoms with Crippen molar-refractivity contribution in [2.75, 3.05) is 24.4 Å². The van der Waals surface area contributed by atoms with E-state index in [0.717, 1.165) is 52.3 Å². The zero-order valence-electron chi connectivity index (χ0n) is 15.6. The SMILES string of the molecule is COc1cccc2c1C(Nc1ccc3cc(NC(=O)C4CC4)ccc3n1)CO2. The highest BCUT2D eigenvalue weighted by Crippen LogP contribution is 2.40. The number of methoxy groups -OCH3 is 1. The summed E-state index contributed by atoms with van der Waals surface area (Å²) in [4.78, 5) is 16.7. The number of ether oxygens (including phenoxy) is 2. The van der Waals surface area contributed by atoms with Crippen LogP contribution in [0.4, 0.5) is 11.5 Å². The molecule has 0 spiro atoms. The molecule has 1 saturated carbocycles. The molecule has 5 rings (SSSR count). The number of aromatic nitrogens is 1. The van der Waals surface area contributed by atoms with Crippen molar-refractivity contribution in [2.24, 2.45) is 5.92 Å². The van der Waals surface area contributed by atoms with E-state index >= 15 is 0 Å². The lowest BCUT2D eigenvalue weighted by molar-refractivity contribution is -0.117. The molecular weight excluding hydrogens is 354 g/mol. The lowest BCUT2D eigenvalue weighted by Gasteiger charge is -2.15. The Morgan fingerprint density at radius 2 is 2.07 bits per heavy atom. The Morgan fingerprint density at radius 3 is 2.89 bits per heavy atom. The molecule has 1 fully saturated rings. The van der Waals surface area contributed by atoms with Crippen molar-refractivity contribution >= 4 is 28.3 Å². The number of carbonyl (C=O) groups excluding carboxylic acids is 1. The van der Waals surface area contributed by atoms with Gasteiger partial charge in [0.1, 0.15) is 23.9 Å². The Hall–Kier alpha value is -3.28. The molecule has 1 amide bonds. The smallest absolute Gasteiger partial charge is 0.227 e. The molecule has 142 valence electrons. The van der Waals surface area contributed by atoms with Crippen molar-refractivity contribution in [3.63, 3.8) is 0 Å². The van der Waals surface area contributed by atoms with Gasteiger partial charge < -0.3 is 20.1 Å². The maximum atomic E-state index is 12.0. The van der Waals surface area contributed by atoms with Crippen LogP contribution in [0.5, 0.6) is 11.5 Å². The van der Waals surface area contributed by atoms with Gasteiger partial charge in [0.2, 0.25) is 5.91 Å². The van der Waals surface area contributed by atoms with E-state index in [2.05, 4.69) is 10.6 Å². The largest absolute Gasteiger partial charge is 0.496 e. The molecular formula is C22H21N3O3. The quantitative estimate of drug-likeness (QED) is 0.701. The number of hydrogen-bond donors (Lipinski definition) is 2. The minimum atomic E-state index is -0.0202. The molecule has 28 heavy (non-hydrogen) atoms. The second kappa shape index (κ2) is 6.71. The second-order valence-corrected chi connectivity index (χ2v) is 7.25. The number of rotatable bonds is 5. The van der Waals surface area contributed by atoms with Crippen LogP contribution in [0.3, 0.4) is 0 Å². The predicted molar refractivity (Wildman–Crippen MR) is 108 cm³/mol. The van der Waals surface area contributed by atoms with Gasteiger partial charge in [0.05, 0.1) is 24.2 Å². The summed E-state index contributed by atoms with van der Waals surface area (Å²) in [5.74, 6) is 2.72. The van der Waals surface area contributed by atoms with Crippen LogP contribution < -0.4 is 20.1 Å². The van der Waals surface area contributed by atoms with Gasteiger partial charge >= 0.3 is 0 Å². The summed E-state index contributed by atoms with van der Waals surface area (Å²) < 4.78 is 11.3. The van der Waals surface area contributed by atoms with E-state index < -0.39 is 0 Å². The summed E-state index contributed by atoms with van der Waals surface area (Å²) in [6.07, 6.45) is 1.99. The Balaban J connectivity index is 1.37. The minimum Gasteiger partial charge on any atom is -0.496 e. The summed E-state index contributed by atoms with van der Waals surface area (Å²) in [5.41, 5.74) is 2.70. The van der Waals surface area contributed by atoms with Gasteiger partial charge in [-0.3, -0.25) is 4.79 Å². The molecule has 2 aliphatic rings. The lowest BCUT2D eigenvalue weighted by Crippen LogP contribution is -2.14. The van der Waals surface area contributed by atoms with Gasteiger partial charge in [-0.2, -0.15) is 0 Å². The number of benzene rings is 2. The first-order valence-electron chi connectivity index (χ1n) is 9.49. The standard InChI is InChI=1S/C22H21N3O3/c1-27-18-3-2-4-19-21(18)17(12-28-19)25-20-10-7-14-11-15(8-9-16(14)24-20)23-22(26)13-5-6-13/h2-4,7-11,13,17H,5-6,12H2,1H3,(H,23,26)(H,24,25). The first kappa shape index (κ1) is 16.9. The Kier molecular flexibility index (Phi) is 4.04. The third kappa shape index (κ3) is 3.11. The average molecular weight is 375 g/mol. The van der Waals surface area contributed by atoms with Gasteiger partial charge in [0.25, 0.3) is 0 Å². The van der Waals surface area contributed by atoms with E-state index in [4.69, 9.17) is 14.5 Å². The van der Waals surface area contributed by atoms with Gasteiger partial charge in [0.15, 0.2) is 0 Å². The van der Waals surface area contributed by atoms with Gasteiger partial charge in [-0.15, -0.1) is 0 Å². The highest BCUT2D eigenvalue weighted by Gasteiger charge is 2.30. The van der Waals surface area contributed by atoms with Crippen LogP contribution in [-0.2, 0) is 4.79 Å². The van der Waals surface area contributed by atoms with Crippen molar-refractivity contribution in [1.82, 2.24) is 4.98 Å². The maximum Gasteiger partial charge on any atom is 0.227 e. The number of hydrogen-bond acceptors (Lipinski definition) is 5. The predicted octanol–water partition coefficient (Wildman–Crippen LogP) is 4.14. The van der Waals surface area contributed by atoms with Gasteiger partial charge in [-0.1, -0.05) is 6.07 Å². The van der Waals surface area contributed by atoms with Crippen LogP contribution in [0, 0.1) is 5.92 Å². The van der Waals surface area contributed by atoms with E-state index in [1.807, 2.05) is 48.5 Å². The van der Waals surface area contributed by atoms with Crippen LogP contribution in [0.25, 0.3) is 10.9 Å². The summed E-state index contributed by atoms with van der Waals surface area (Å²) in [5, 5.41) is 7.41. The molecule has 2 heterocycles. The first-order chi connectivity index (χ1) is 13.7. The van der Waals surface area contributed by atoms with Gasteiger partial charge in [0, 0.05) is 17.0 Å². The van der Waals surface area contributed by atoms with Crippen molar-refractivity contribution < 1.29 is 14.3 Å². The fraction of sp³-hybridized carbons (Fsp3) is 0.273. The molecule has 1 aliphatic carbocycles. The first-order valence-corrected chi connectivity index (χ1v) is 9.49. The normalized spacial score (nSPS) is 17.7. The molecule has 1 unspecified atom stereocenters. The summed E-state index contributed by atoms with van der Waals surface area (Å²) >= 11 is 0. The number of pyridine rings is 1. The van der Waals surface area contributed by atoms with Crippen molar-refractivity contribution in [2.45, 2.75) is 18.9 Å². The van der Waals surface area contributed by atoms with Crippen molar-refractivity contribution in [1.29, 1.82) is 0 Å². The molecule has 0 radical (unpaired) electrons. The zero-order valence-corrected chi connectivity index (χ0v) is 15.6. The monoisotopic (exact) mass is 375 g/mol. The van der Waals surface area contributed by atoms with E-state index in [1.54, 1.807) is 7.11 Å². The molecule has 2 N–H and O–H groups in total. The number of nitrogens with zero attached hydrogens (tertiary/aromatic N) is 1. The molecule has 1 aromatic heterocycles. The second-order valence-electron chi connectivity index (χ2n) is 7.25. The molecule has 3 aromatic rings. The molecule has 6 heteroatoms. The van der Waals surface area contributed by atoms with Crippen LogP contribution in [-0.4, -0.2) is 24.6 Å². The lowest BCUT2D eigenvalue weighted by atomic mass is 10.1. The third-order valence-corrected chi connectivity index (χ3v) is 5.23. The fourth-order valence-corrected chi connectivity index (χ4v) is 3.59. The minimum absolute atomic E-state index is 0.0202. The van der Waals surface area contributed by atoms with Gasteiger partial charge in [-0.25, -0.2) is 4.98 Å². The van der Waals surface area contributed by atoms with Crippen LogP contribution in [0.2, 0.25) is 0 Å². The zero-order chi connectivity index (χ0) is 19.1. The van der Waals surface area contributed by atoms with E-state index in [1.165, 1.54) is 0 Å². The molecule has 6 nitrogen and oxygen atoms in total. The fourth-order valence-electron chi connectivity index (χ4n) is 3.59.